The molecule has 0 saturated carbocycles. The predicted molar refractivity (Wildman–Crippen MR) is 106 cm³/mol. The Morgan fingerprint density at radius 3 is 2.59 bits per heavy atom. The molecule has 29 heavy (non-hydrogen) atoms. The van der Waals surface area contributed by atoms with Gasteiger partial charge in [0.05, 0.1) is 38.6 Å². The lowest BCUT2D eigenvalue weighted by Gasteiger charge is -2.15. The van der Waals surface area contributed by atoms with E-state index in [0.29, 0.717) is 17.3 Å². The number of aromatic hydroxyl groups is 1. The van der Waals surface area contributed by atoms with Crippen LogP contribution in [-0.4, -0.2) is 25.3 Å². The molecule has 0 aliphatic carbocycles. The van der Waals surface area contributed by atoms with Gasteiger partial charge in [-0.3, -0.25) is 9.59 Å². The summed E-state index contributed by atoms with van der Waals surface area (Å²) in [6.07, 6.45) is 1.30. The predicted octanol–water partition coefficient (Wildman–Crippen LogP) is 3.93. The molecular weight excluding hydrogens is 396 g/mol. The zero-order valence-corrected chi connectivity index (χ0v) is 16.7. The summed E-state index contributed by atoms with van der Waals surface area (Å²) < 4.78 is 21.1. The summed E-state index contributed by atoms with van der Waals surface area (Å²) in [5.41, 5.74) is -0.585. The van der Waals surface area contributed by atoms with Crippen LogP contribution in [0.15, 0.2) is 67.3 Å². The lowest BCUT2D eigenvalue weighted by molar-refractivity contribution is -0.141. The van der Waals surface area contributed by atoms with Crippen molar-refractivity contribution in [1.82, 2.24) is 0 Å². The fraction of sp³-hybridized carbons (Fsp3) is 0.238. The van der Waals surface area contributed by atoms with Crippen LogP contribution >= 0.6 is 11.8 Å². The third-order valence-electron chi connectivity index (χ3n) is 4.24. The van der Waals surface area contributed by atoms with Crippen LogP contribution in [0.1, 0.15) is 29.6 Å². The highest BCUT2D eigenvalue weighted by Gasteiger charge is 2.28. The maximum Gasteiger partial charge on any atom is 0.306 e. The van der Waals surface area contributed by atoms with Gasteiger partial charge in [-0.1, -0.05) is 0 Å². The van der Waals surface area contributed by atoms with Crippen LogP contribution in [0.2, 0.25) is 0 Å². The molecule has 1 aromatic carbocycles. The van der Waals surface area contributed by atoms with Crippen LogP contribution in [0.25, 0.3) is 0 Å². The van der Waals surface area contributed by atoms with Crippen LogP contribution in [0.5, 0.6) is 11.5 Å². The lowest BCUT2D eigenvalue weighted by atomic mass is 9.98. The third kappa shape index (κ3) is 5.03. The number of carbonyl (C=O) groups is 1. The number of hydrogen-bond acceptors (Lipinski definition) is 8. The lowest BCUT2D eigenvalue weighted by Crippen LogP contribution is -2.13. The van der Waals surface area contributed by atoms with Crippen molar-refractivity contribution in [3.8, 4) is 11.5 Å². The standard InChI is InChI=1S/C21H20O7S/c1-25-13-5-7-15(8-6-13)29-12-14-10-17(22)20(24)21(28-14)16(11-19(23)26-2)18-4-3-9-27-18/h3-10,16,24H,11-12H2,1-2H3/t16-/m1/s1. The number of hydrogen-bond donors (Lipinski definition) is 1. The second-order valence-electron chi connectivity index (χ2n) is 6.10. The first-order valence-corrected chi connectivity index (χ1v) is 9.73. The molecule has 2 aromatic heterocycles. The first-order chi connectivity index (χ1) is 14.0. The molecule has 0 saturated heterocycles. The molecule has 0 amide bonds. The Morgan fingerprint density at radius 2 is 1.97 bits per heavy atom. The van der Waals surface area contributed by atoms with Gasteiger partial charge in [0.15, 0.2) is 5.76 Å². The van der Waals surface area contributed by atoms with E-state index < -0.39 is 23.1 Å². The van der Waals surface area contributed by atoms with E-state index in [4.69, 9.17) is 18.3 Å². The van der Waals surface area contributed by atoms with Gasteiger partial charge in [0.2, 0.25) is 11.2 Å². The summed E-state index contributed by atoms with van der Waals surface area (Å²) in [5.74, 6) is -0.0206. The largest absolute Gasteiger partial charge is 0.502 e. The van der Waals surface area contributed by atoms with Gasteiger partial charge in [0, 0.05) is 11.0 Å². The van der Waals surface area contributed by atoms with Gasteiger partial charge in [-0.2, -0.15) is 0 Å². The average molecular weight is 416 g/mol. The molecule has 0 aliphatic heterocycles. The molecule has 8 heteroatoms. The molecule has 7 nitrogen and oxygen atoms in total. The van der Waals surface area contributed by atoms with Crippen molar-refractivity contribution in [2.45, 2.75) is 23.0 Å². The van der Waals surface area contributed by atoms with Crippen molar-refractivity contribution in [2.75, 3.05) is 14.2 Å². The number of rotatable bonds is 8. The molecule has 0 fully saturated rings. The normalized spacial score (nSPS) is 11.8. The summed E-state index contributed by atoms with van der Waals surface area (Å²) in [6.45, 7) is 0. The molecule has 0 spiro atoms. The number of methoxy groups -OCH3 is 2. The third-order valence-corrected chi connectivity index (χ3v) is 5.28. The van der Waals surface area contributed by atoms with E-state index in [0.717, 1.165) is 10.6 Å². The van der Waals surface area contributed by atoms with Crippen molar-refractivity contribution < 1.29 is 28.2 Å². The monoisotopic (exact) mass is 416 g/mol. The van der Waals surface area contributed by atoms with E-state index >= 15 is 0 Å². The van der Waals surface area contributed by atoms with Gasteiger partial charge in [-0.15, -0.1) is 11.8 Å². The number of ether oxygens (including phenoxy) is 2. The summed E-state index contributed by atoms with van der Waals surface area (Å²) in [4.78, 5) is 25.1. The van der Waals surface area contributed by atoms with Crippen LogP contribution < -0.4 is 10.2 Å². The summed E-state index contributed by atoms with van der Waals surface area (Å²) >= 11 is 1.46. The number of benzene rings is 1. The second-order valence-corrected chi connectivity index (χ2v) is 7.15. The second kappa shape index (κ2) is 9.38. The molecule has 1 N–H and O–H groups in total. The van der Waals surface area contributed by atoms with Gasteiger partial charge in [-0.25, -0.2) is 0 Å². The minimum atomic E-state index is -0.781. The molecule has 2 heterocycles. The van der Waals surface area contributed by atoms with Crippen LogP contribution in [-0.2, 0) is 15.3 Å². The van der Waals surface area contributed by atoms with Crippen LogP contribution in [0.3, 0.4) is 0 Å². The summed E-state index contributed by atoms with van der Waals surface area (Å²) in [6, 6.07) is 12.0. The molecule has 0 aliphatic rings. The molecular formula is C21H20O7S. The number of thioether (sulfide) groups is 1. The molecule has 0 radical (unpaired) electrons. The van der Waals surface area contributed by atoms with E-state index in [2.05, 4.69) is 0 Å². The zero-order valence-electron chi connectivity index (χ0n) is 15.9. The van der Waals surface area contributed by atoms with Crippen molar-refractivity contribution in [3.05, 3.63) is 76.2 Å². The Balaban J connectivity index is 1.88. The average Bonchev–Trinajstić information content (AvgIpc) is 3.27. The van der Waals surface area contributed by atoms with Gasteiger partial charge < -0.3 is 23.4 Å². The van der Waals surface area contributed by atoms with Crippen LogP contribution in [0.4, 0.5) is 0 Å². The number of esters is 1. The maximum atomic E-state index is 12.3. The fourth-order valence-corrected chi connectivity index (χ4v) is 3.53. The minimum Gasteiger partial charge on any atom is -0.502 e. The van der Waals surface area contributed by atoms with E-state index in [1.807, 2.05) is 24.3 Å². The highest BCUT2D eigenvalue weighted by Crippen LogP contribution is 2.34. The Labute approximate surface area is 171 Å². The summed E-state index contributed by atoms with van der Waals surface area (Å²) in [5, 5.41) is 10.3. The van der Waals surface area contributed by atoms with E-state index in [-0.39, 0.29) is 12.2 Å². The van der Waals surface area contributed by atoms with Crippen molar-refractivity contribution in [1.29, 1.82) is 0 Å². The molecule has 0 bridgehead atoms. The van der Waals surface area contributed by atoms with Crippen LogP contribution in [0, 0.1) is 0 Å². The Morgan fingerprint density at radius 1 is 1.21 bits per heavy atom. The molecule has 0 unspecified atom stereocenters. The topological polar surface area (TPSA) is 99.1 Å². The first-order valence-electron chi connectivity index (χ1n) is 8.74. The Bertz CT molecular complexity index is 1010. The first kappa shape index (κ1) is 20.6. The number of carbonyl (C=O) groups excluding carboxylic acids is 1. The molecule has 3 aromatic rings. The molecule has 152 valence electrons. The van der Waals surface area contributed by atoms with Gasteiger partial charge in [0.1, 0.15) is 17.3 Å². The van der Waals surface area contributed by atoms with Crippen molar-refractivity contribution >= 4 is 17.7 Å². The highest BCUT2D eigenvalue weighted by molar-refractivity contribution is 7.98. The maximum absolute atomic E-state index is 12.3. The van der Waals surface area contributed by atoms with Crippen molar-refractivity contribution in [3.63, 3.8) is 0 Å². The molecule has 1 atom stereocenters. The SMILES string of the molecule is COC(=O)C[C@H](c1ccco1)c1oc(CSc2ccc(OC)cc2)cc(=O)c1O. The Hall–Kier alpha value is -3.13. The zero-order chi connectivity index (χ0) is 20.8. The fourth-order valence-electron chi connectivity index (χ4n) is 2.75. The van der Waals surface area contributed by atoms with Gasteiger partial charge >= 0.3 is 5.97 Å². The van der Waals surface area contributed by atoms with E-state index in [9.17, 15) is 14.7 Å². The quantitative estimate of drug-likeness (QED) is 0.436. The molecule has 3 rings (SSSR count). The minimum absolute atomic E-state index is 0.0248. The highest BCUT2D eigenvalue weighted by atomic mass is 32.2. The summed E-state index contributed by atoms with van der Waals surface area (Å²) in [7, 11) is 2.86. The smallest absolute Gasteiger partial charge is 0.306 e. The van der Waals surface area contributed by atoms with E-state index in [1.165, 1.54) is 31.2 Å². The van der Waals surface area contributed by atoms with Crippen molar-refractivity contribution in [2.24, 2.45) is 0 Å². The van der Waals surface area contributed by atoms with Gasteiger partial charge in [-0.05, 0) is 36.4 Å². The number of furan rings is 1. The van der Waals surface area contributed by atoms with Gasteiger partial charge in [0.25, 0.3) is 0 Å². The van der Waals surface area contributed by atoms with E-state index in [1.54, 1.807) is 19.2 Å². The Kier molecular flexibility index (Phi) is 6.66.